The van der Waals surface area contributed by atoms with Crippen molar-refractivity contribution in [2.24, 2.45) is 0 Å². The minimum Gasteiger partial charge on any atom is -0.385 e. The first-order valence-electron chi connectivity index (χ1n) is 5.34. The summed E-state index contributed by atoms with van der Waals surface area (Å²) in [6.07, 6.45) is 0. The van der Waals surface area contributed by atoms with E-state index in [0.29, 0.717) is 0 Å². The molecule has 0 aliphatic heterocycles. The van der Waals surface area contributed by atoms with Crippen LogP contribution >= 0.6 is 0 Å². The molecule has 84 valence electrons. The van der Waals surface area contributed by atoms with Gasteiger partial charge in [0, 0.05) is 24.8 Å². The van der Waals surface area contributed by atoms with Gasteiger partial charge < -0.3 is 10.6 Å². The number of anilines is 2. The van der Waals surface area contributed by atoms with Crippen molar-refractivity contribution in [3.05, 3.63) is 24.3 Å². The maximum atomic E-state index is 10.7. The Hall–Kier alpha value is -1.51. The van der Waals surface area contributed by atoms with Gasteiger partial charge in [0.2, 0.25) is 5.91 Å². The molecule has 3 heteroatoms. The topological polar surface area (TPSA) is 41.1 Å². The molecule has 0 spiro atoms. The summed E-state index contributed by atoms with van der Waals surface area (Å²) in [6, 6.07) is 7.63. The second-order valence-corrected chi connectivity index (χ2v) is 2.79. The minimum absolute atomic E-state index is 0.0452. The zero-order valence-corrected chi connectivity index (χ0v) is 9.92. The Balaban J connectivity index is 0.000000921. The smallest absolute Gasteiger partial charge is 0.221 e. The summed E-state index contributed by atoms with van der Waals surface area (Å²) >= 11 is 0. The molecular formula is C12H20N2O. The van der Waals surface area contributed by atoms with Crippen LogP contribution in [0.4, 0.5) is 11.4 Å². The van der Waals surface area contributed by atoms with Crippen LogP contribution in [-0.4, -0.2) is 12.5 Å². The van der Waals surface area contributed by atoms with Crippen LogP contribution in [0.1, 0.15) is 27.7 Å². The van der Waals surface area contributed by atoms with Crippen molar-refractivity contribution in [2.75, 3.05) is 17.2 Å². The standard InChI is InChI=1S/C10H14N2O.C2H6/c1-3-11-9-4-6-10(7-5-9)12-8(2)13;1-2/h4-7,11H,3H2,1-2H3,(H,12,13);1-2H3. The van der Waals surface area contributed by atoms with Crippen molar-refractivity contribution in [1.82, 2.24) is 0 Å². The molecule has 0 bridgehead atoms. The number of rotatable bonds is 3. The van der Waals surface area contributed by atoms with Gasteiger partial charge in [-0.2, -0.15) is 0 Å². The highest BCUT2D eigenvalue weighted by Gasteiger charge is 1.94. The lowest BCUT2D eigenvalue weighted by Gasteiger charge is -2.05. The predicted octanol–water partition coefficient (Wildman–Crippen LogP) is 3.10. The molecule has 0 radical (unpaired) electrons. The summed E-state index contributed by atoms with van der Waals surface area (Å²) < 4.78 is 0. The van der Waals surface area contributed by atoms with Gasteiger partial charge in [0.25, 0.3) is 0 Å². The number of hydrogen-bond acceptors (Lipinski definition) is 2. The Bertz CT molecular complexity index is 280. The molecule has 0 aliphatic carbocycles. The van der Waals surface area contributed by atoms with Gasteiger partial charge in [-0.1, -0.05) is 13.8 Å². The zero-order valence-electron chi connectivity index (χ0n) is 9.92. The summed E-state index contributed by atoms with van der Waals surface area (Å²) in [5, 5.41) is 5.88. The molecule has 0 unspecified atom stereocenters. The molecule has 1 aromatic carbocycles. The molecule has 0 fully saturated rings. The van der Waals surface area contributed by atoms with Gasteiger partial charge >= 0.3 is 0 Å². The lowest BCUT2D eigenvalue weighted by molar-refractivity contribution is -0.114. The molecule has 2 N–H and O–H groups in total. The van der Waals surface area contributed by atoms with Crippen molar-refractivity contribution in [3.8, 4) is 0 Å². The normalized spacial score (nSPS) is 8.53. The number of carbonyl (C=O) groups is 1. The van der Waals surface area contributed by atoms with E-state index in [9.17, 15) is 4.79 Å². The first-order chi connectivity index (χ1) is 7.22. The summed E-state index contributed by atoms with van der Waals surface area (Å²) in [4.78, 5) is 10.7. The Kier molecular flexibility index (Phi) is 7.06. The Morgan fingerprint density at radius 2 is 1.60 bits per heavy atom. The molecule has 0 heterocycles. The van der Waals surface area contributed by atoms with Crippen molar-refractivity contribution in [3.63, 3.8) is 0 Å². The third-order valence-electron chi connectivity index (χ3n) is 1.59. The fraction of sp³-hybridized carbons (Fsp3) is 0.417. The first kappa shape index (κ1) is 13.5. The molecular weight excluding hydrogens is 188 g/mol. The maximum absolute atomic E-state index is 10.7. The SMILES string of the molecule is CC.CCNc1ccc(NC(C)=O)cc1. The Morgan fingerprint density at radius 3 is 2.00 bits per heavy atom. The highest BCUT2D eigenvalue weighted by atomic mass is 16.1. The monoisotopic (exact) mass is 208 g/mol. The van der Waals surface area contributed by atoms with Crippen LogP contribution in [0.3, 0.4) is 0 Å². The van der Waals surface area contributed by atoms with Gasteiger partial charge in [-0.15, -0.1) is 0 Å². The van der Waals surface area contributed by atoms with E-state index in [1.54, 1.807) is 0 Å². The molecule has 0 atom stereocenters. The molecule has 0 saturated heterocycles. The second kappa shape index (κ2) is 7.85. The quantitative estimate of drug-likeness (QED) is 0.801. The third kappa shape index (κ3) is 5.73. The van der Waals surface area contributed by atoms with Crippen LogP contribution in [0.2, 0.25) is 0 Å². The van der Waals surface area contributed by atoms with Gasteiger partial charge in [-0.25, -0.2) is 0 Å². The number of benzene rings is 1. The van der Waals surface area contributed by atoms with Crippen LogP contribution in [0.15, 0.2) is 24.3 Å². The predicted molar refractivity (Wildman–Crippen MR) is 66.3 cm³/mol. The van der Waals surface area contributed by atoms with Gasteiger partial charge in [0.05, 0.1) is 0 Å². The number of carbonyl (C=O) groups excluding carboxylic acids is 1. The van der Waals surface area contributed by atoms with Crippen LogP contribution in [0.5, 0.6) is 0 Å². The van der Waals surface area contributed by atoms with E-state index in [2.05, 4.69) is 10.6 Å². The summed E-state index contributed by atoms with van der Waals surface area (Å²) in [7, 11) is 0. The first-order valence-corrected chi connectivity index (χ1v) is 5.34. The summed E-state index contributed by atoms with van der Waals surface area (Å²) in [5.41, 5.74) is 1.89. The van der Waals surface area contributed by atoms with Crippen molar-refractivity contribution in [2.45, 2.75) is 27.7 Å². The molecule has 1 amide bonds. The largest absolute Gasteiger partial charge is 0.385 e. The van der Waals surface area contributed by atoms with E-state index in [-0.39, 0.29) is 5.91 Å². The van der Waals surface area contributed by atoms with Gasteiger partial charge in [-0.05, 0) is 31.2 Å². The lowest BCUT2D eigenvalue weighted by atomic mass is 10.3. The van der Waals surface area contributed by atoms with Crippen LogP contribution in [-0.2, 0) is 4.79 Å². The molecule has 3 nitrogen and oxygen atoms in total. The molecule has 0 aliphatic rings. The van der Waals surface area contributed by atoms with E-state index in [1.807, 2.05) is 45.0 Å². The molecule has 0 saturated carbocycles. The summed E-state index contributed by atoms with van der Waals surface area (Å²) in [6.45, 7) is 8.44. The number of amides is 1. The number of nitrogens with one attached hydrogen (secondary N) is 2. The highest BCUT2D eigenvalue weighted by molar-refractivity contribution is 5.88. The fourth-order valence-corrected chi connectivity index (χ4v) is 1.08. The molecule has 1 rings (SSSR count). The molecule has 0 aromatic heterocycles. The highest BCUT2D eigenvalue weighted by Crippen LogP contribution is 2.12. The second-order valence-electron chi connectivity index (χ2n) is 2.79. The molecule has 1 aromatic rings. The minimum atomic E-state index is -0.0452. The Labute approximate surface area is 91.9 Å². The van der Waals surface area contributed by atoms with Crippen molar-refractivity contribution in [1.29, 1.82) is 0 Å². The van der Waals surface area contributed by atoms with Crippen LogP contribution in [0.25, 0.3) is 0 Å². The Morgan fingerprint density at radius 1 is 1.13 bits per heavy atom. The average molecular weight is 208 g/mol. The third-order valence-corrected chi connectivity index (χ3v) is 1.59. The molecule has 15 heavy (non-hydrogen) atoms. The van der Waals surface area contributed by atoms with Crippen molar-refractivity contribution < 1.29 is 4.79 Å². The van der Waals surface area contributed by atoms with E-state index in [1.165, 1.54) is 6.92 Å². The van der Waals surface area contributed by atoms with E-state index in [4.69, 9.17) is 0 Å². The van der Waals surface area contributed by atoms with Crippen LogP contribution < -0.4 is 10.6 Å². The average Bonchev–Trinajstić information content (AvgIpc) is 2.24. The zero-order chi connectivity index (χ0) is 11.7. The van der Waals surface area contributed by atoms with Gasteiger partial charge in [0.1, 0.15) is 0 Å². The van der Waals surface area contributed by atoms with Crippen LogP contribution in [0, 0.1) is 0 Å². The number of hydrogen-bond donors (Lipinski definition) is 2. The van der Waals surface area contributed by atoms with E-state index < -0.39 is 0 Å². The van der Waals surface area contributed by atoms with Crippen molar-refractivity contribution >= 4 is 17.3 Å². The lowest BCUT2D eigenvalue weighted by Crippen LogP contribution is -2.05. The van der Waals surface area contributed by atoms with E-state index in [0.717, 1.165) is 17.9 Å². The van der Waals surface area contributed by atoms with Gasteiger partial charge in [0.15, 0.2) is 0 Å². The fourth-order valence-electron chi connectivity index (χ4n) is 1.08. The van der Waals surface area contributed by atoms with E-state index >= 15 is 0 Å². The summed E-state index contributed by atoms with van der Waals surface area (Å²) in [5.74, 6) is -0.0452. The maximum Gasteiger partial charge on any atom is 0.221 e. The van der Waals surface area contributed by atoms with Gasteiger partial charge in [-0.3, -0.25) is 4.79 Å².